The number of halogens is 3. The van der Waals surface area contributed by atoms with Gasteiger partial charge in [0.15, 0.2) is 6.61 Å². The van der Waals surface area contributed by atoms with Crippen molar-refractivity contribution in [2.75, 3.05) is 18.5 Å². The highest BCUT2D eigenvalue weighted by Gasteiger charge is 2.07. The predicted octanol–water partition coefficient (Wildman–Crippen LogP) is 2.69. The summed E-state index contributed by atoms with van der Waals surface area (Å²) in [6, 6.07) is 0. The molecule has 6 heteroatoms. The monoisotopic (exact) mass is 424 g/mol. The molecule has 1 atom stereocenters. The normalized spacial score (nSPS) is 11.0. The fraction of sp³-hybridized carbons (Fsp3) is 0.571. The lowest BCUT2D eigenvalue weighted by Gasteiger charge is -2.06. The van der Waals surface area contributed by atoms with Crippen LogP contribution in [0.2, 0.25) is 0 Å². The molecule has 0 N–H and O–H groups in total. The zero-order valence-corrected chi connectivity index (χ0v) is 11.9. The van der Waals surface area contributed by atoms with Crippen molar-refractivity contribution in [1.82, 2.24) is 0 Å². The molecule has 0 amide bonds. The van der Waals surface area contributed by atoms with Gasteiger partial charge in [0.05, 0.1) is 4.83 Å². The Morgan fingerprint density at radius 2 is 2.23 bits per heavy atom. The number of alkyl halides is 2. The van der Waals surface area contributed by atoms with Gasteiger partial charge in [-0.05, 0) is 3.93 Å². The van der Waals surface area contributed by atoms with Gasteiger partial charge in [0.1, 0.15) is 6.61 Å². The first kappa shape index (κ1) is 13.5. The maximum absolute atomic E-state index is 10.8. The molecule has 13 heavy (non-hydrogen) atoms. The summed E-state index contributed by atoms with van der Waals surface area (Å²) >= 11 is 8.37. The van der Waals surface area contributed by atoms with E-state index in [9.17, 15) is 4.79 Å². The minimum atomic E-state index is -0.690. The van der Waals surface area contributed by atoms with Gasteiger partial charge in [0.2, 0.25) is 0 Å². The van der Waals surface area contributed by atoms with E-state index in [0.717, 1.165) is 0 Å². The summed E-state index contributed by atoms with van der Waals surface area (Å²) in [5, 5.41) is 0.716. The smallest absolute Gasteiger partial charge is 0.433 e. The van der Waals surface area contributed by atoms with Crippen molar-refractivity contribution >= 4 is 60.6 Å². The summed E-state index contributed by atoms with van der Waals surface area (Å²) in [6.45, 7) is 0.352. The Hall–Kier alpha value is 0.520. The lowest BCUT2D eigenvalue weighted by molar-refractivity contribution is 0.0662. The van der Waals surface area contributed by atoms with Gasteiger partial charge in [-0.1, -0.05) is 37.8 Å². The predicted molar refractivity (Wildman–Crippen MR) is 65.6 cm³/mol. The molecule has 74 valence electrons. The molecule has 0 aromatic carbocycles. The van der Waals surface area contributed by atoms with Crippen LogP contribution in [0, 0.1) is 9.85 Å². The Bertz CT molecular complexity index is 212. The molecule has 0 aromatic heterocycles. The van der Waals surface area contributed by atoms with Crippen LogP contribution in [-0.2, 0) is 9.47 Å². The van der Waals surface area contributed by atoms with Crippen molar-refractivity contribution in [3.63, 3.8) is 0 Å². The summed E-state index contributed by atoms with van der Waals surface area (Å²) in [7, 11) is 0. The molecule has 0 heterocycles. The minimum absolute atomic E-state index is 0.0725. The van der Waals surface area contributed by atoms with E-state index in [2.05, 4.69) is 46.4 Å². The molecule has 0 aliphatic rings. The summed E-state index contributed by atoms with van der Waals surface area (Å²) in [5.74, 6) is 2.57. The molecule has 0 aliphatic heterocycles. The van der Waals surface area contributed by atoms with Crippen LogP contribution in [-0.4, -0.2) is 29.5 Å². The number of carbonyl (C=O) groups excluding carboxylic acids is 1. The Kier molecular flexibility index (Phi) is 9.45. The fourth-order valence-electron chi connectivity index (χ4n) is 0.367. The molecule has 0 bridgehead atoms. The highest BCUT2D eigenvalue weighted by Crippen LogP contribution is 2.04. The van der Waals surface area contributed by atoms with E-state index in [1.807, 2.05) is 22.6 Å². The van der Waals surface area contributed by atoms with E-state index >= 15 is 0 Å². The van der Waals surface area contributed by atoms with Crippen LogP contribution < -0.4 is 0 Å². The second kappa shape index (κ2) is 9.09. The number of hydrogen-bond donors (Lipinski definition) is 0. The molecule has 0 aliphatic carbocycles. The third-order valence-electron chi connectivity index (χ3n) is 0.878. The Morgan fingerprint density at radius 3 is 2.77 bits per heavy atom. The standard InChI is InChI=1S/C7H7Br2IO3/c8-4-6(9)5-13-7(11)12-3-1-2-10/h6H,3-5H2. The van der Waals surface area contributed by atoms with Crippen LogP contribution in [0.1, 0.15) is 0 Å². The summed E-state index contributed by atoms with van der Waals surface area (Å²) in [5.41, 5.74) is 0. The molecular formula is C7H7Br2IO3. The molecule has 0 spiro atoms. The fourth-order valence-corrected chi connectivity index (χ4v) is 0.842. The molecule has 0 radical (unpaired) electrons. The van der Waals surface area contributed by atoms with Gasteiger partial charge >= 0.3 is 6.16 Å². The van der Waals surface area contributed by atoms with Crippen LogP contribution in [0.4, 0.5) is 4.79 Å². The Labute approximate surface area is 107 Å². The van der Waals surface area contributed by atoms with Gasteiger partial charge in [0.25, 0.3) is 0 Å². The van der Waals surface area contributed by atoms with E-state index in [0.29, 0.717) is 5.33 Å². The van der Waals surface area contributed by atoms with Crippen LogP contribution in [0.15, 0.2) is 0 Å². The molecule has 0 saturated carbocycles. The van der Waals surface area contributed by atoms with Gasteiger partial charge in [0, 0.05) is 27.9 Å². The quantitative estimate of drug-likeness (QED) is 0.301. The molecule has 0 fully saturated rings. The van der Waals surface area contributed by atoms with Gasteiger partial charge in [-0.3, -0.25) is 0 Å². The highest BCUT2D eigenvalue weighted by molar-refractivity contribution is 14.1. The molecule has 0 rings (SSSR count). The van der Waals surface area contributed by atoms with Gasteiger partial charge in [-0.15, -0.1) is 0 Å². The largest absolute Gasteiger partial charge is 0.509 e. The Balaban J connectivity index is 3.44. The Morgan fingerprint density at radius 1 is 1.54 bits per heavy atom. The van der Waals surface area contributed by atoms with E-state index in [1.54, 1.807) is 0 Å². The second-order valence-electron chi connectivity index (χ2n) is 1.87. The molecular weight excluding hydrogens is 419 g/mol. The van der Waals surface area contributed by atoms with Crippen LogP contribution in [0.5, 0.6) is 0 Å². The maximum Gasteiger partial charge on any atom is 0.509 e. The van der Waals surface area contributed by atoms with Crippen molar-refractivity contribution in [2.45, 2.75) is 4.83 Å². The van der Waals surface area contributed by atoms with Crippen LogP contribution >= 0.6 is 54.5 Å². The number of carbonyl (C=O) groups is 1. The lowest BCUT2D eigenvalue weighted by Crippen LogP contribution is -2.15. The van der Waals surface area contributed by atoms with E-state index in [-0.39, 0.29) is 18.0 Å². The molecule has 0 aromatic rings. The summed E-state index contributed by atoms with van der Waals surface area (Å²) in [4.78, 5) is 10.9. The number of rotatable bonds is 4. The SMILES string of the molecule is O=C(OCC#CI)OCC(Br)CBr. The third kappa shape index (κ3) is 8.84. The van der Waals surface area contributed by atoms with Crippen molar-refractivity contribution in [3.8, 4) is 9.85 Å². The van der Waals surface area contributed by atoms with E-state index in [4.69, 9.17) is 4.74 Å². The van der Waals surface area contributed by atoms with Crippen molar-refractivity contribution < 1.29 is 14.3 Å². The molecule has 0 saturated heterocycles. The topological polar surface area (TPSA) is 35.5 Å². The van der Waals surface area contributed by atoms with E-state index in [1.165, 1.54) is 0 Å². The maximum atomic E-state index is 10.8. The van der Waals surface area contributed by atoms with E-state index < -0.39 is 6.16 Å². The molecule has 3 nitrogen and oxygen atoms in total. The zero-order chi connectivity index (χ0) is 10.1. The van der Waals surface area contributed by atoms with Gasteiger partial charge < -0.3 is 9.47 Å². The summed E-state index contributed by atoms with van der Waals surface area (Å²) < 4.78 is 11.9. The van der Waals surface area contributed by atoms with Crippen molar-refractivity contribution in [1.29, 1.82) is 0 Å². The zero-order valence-electron chi connectivity index (χ0n) is 6.56. The highest BCUT2D eigenvalue weighted by atomic mass is 127. The van der Waals surface area contributed by atoms with Gasteiger partial charge in [-0.2, -0.15) is 0 Å². The van der Waals surface area contributed by atoms with Crippen molar-refractivity contribution in [2.24, 2.45) is 0 Å². The second-order valence-corrected chi connectivity index (χ2v) is 4.35. The van der Waals surface area contributed by atoms with Crippen LogP contribution in [0.25, 0.3) is 0 Å². The average Bonchev–Trinajstić information content (AvgIpc) is 2.14. The van der Waals surface area contributed by atoms with Crippen LogP contribution in [0.3, 0.4) is 0 Å². The van der Waals surface area contributed by atoms with Gasteiger partial charge in [-0.25, -0.2) is 4.79 Å². The summed E-state index contributed by atoms with van der Waals surface area (Å²) in [6.07, 6.45) is -0.690. The first-order valence-electron chi connectivity index (χ1n) is 3.28. The third-order valence-corrected chi connectivity index (χ3v) is 3.50. The minimum Gasteiger partial charge on any atom is -0.433 e. The average molecular weight is 426 g/mol. The first-order valence-corrected chi connectivity index (χ1v) is 6.40. The van der Waals surface area contributed by atoms with Crippen molar-refractivity contribution in [3.05, 3.63) is 0 Å². The molecule has 1 unspecified atom stereocenters. The number of hydrogen-bond acceptors (Lipinski definition) is 3. The number of ether oxygens (including phenoxy) is 2. The lowest BCUT2D eigenvalue weighted by atomic mass is 10.5. The first-order chi connectivity index (χ1) is 6.20.